The highest BCUT2D eigenvalue weighted by molar-refractivity contribution is 7.68. The number of rotatable bonds is 3. The molecule has 0 spiro atoms. The number of hydrogen-bond donors (Lipinski definition) is 1. The average molecular weight is 188 g/mol. The number of benzene rings is 1. The Morgan fingerprint density at radius 3 is 2.36 bits per heavy atom. The SMILES string of the molecule is O=[SH](=O)O[SiH2]c1ccccc1. The topological polar surface area (TPSA) is 43.4 Å². The van der Waals surface area contributed by atoms with E-state index in [0.717, 1.165) is 5.19 Å². The van der Waals surface area contributed by atoms with E-state index in [-0.39, 0.29) is 0 Å². The van der Waals surface area contributed by atoms with E-state index in [9.17, 15) is 8.42 Å². The fraction of sp³-hybridized carbons (Fsp3) is 0. The Morgan fingerprint density at radius 2 is 1.82 bits per heavy atom. The van der Waals surface area contributed by atoms with Gasteiger partial charge in [0.15, 0.2) is 0 Å². The first kappa shape index (κ1) is 8.44. The molecular formula is C6H8O3SSi. The zero-order valence-electron chi connectivity index (χ0n) is 5.77. The van der Waals surface area contributed by atoms with Crippen molar-refractivity contribution < 1.29 is 12.3 Å². The van der Waals surface area contributed by atoms with Gasteiger partial charge in [-0.1, -0.05) is 30.3 Å². The second-order valence-corrected chi connectivity index (χ2v) is 4.57. The van der Waals surface area contributed by atoms with Gasteiger partial charge in [0.1, 0.15) is 0 Å². The zero-order chi connectivity index (χ0) is 8.10. The summed E-state index contributed by atoms with van der Waals surface area (Å²) in [6.07, 6.45) is 0. The van der Waals surface area contributed by atoms with Gasteiger partial charge in [-0.2, -0.15) is 0 Å². The number of hydrogen-bond acceptors (Lipinski definition) is 3. The second-order valence-electron chi connectivity index (χ2n) is 1.98. The molecule has 1 aromatic rings. The van der Waals surface area contributed by atoms with E-state index < -0.39 is 20.7 Å². The molecule has 0 atom stereocenters. The predicted molar refractivity (Wildman–Crippen MR) is 46.0 cm³/mol. The molecule has 0 heterocycles. The van der Waals surface area contributed by atoms with Crippen LogP contribution in [0.25, 0.3) is 0 Å². The van der Waals surface area contributed by atoms with E-state index in [0.29, 0.717) is 0 Å². The Morgan fingerprint density at radius 1 is 1.18 bits per heavy atom. The lowest BCUT2D eigenvalue weighted by Gasteiger charge is -1.93. The summed E-state index contributed by atoms with van der Waals surface area (Å²) in [4.78, 5) is 0. The van der Waals surface area contributed by atoms with Gasteiger partial charge in [-0.05, 0) is 5.19 Å². The minimum absolute atomic E-state index is 0.992. The van der Waals surface area contributed by atoms with Gasteiger partial charge < -0.3 is 3.87 Å². The lowest BCUT2D eigenvalue weighted by atomic mass is 10.4. The molecular weight excluding hydrogens is 180 g/mol. The highest BCUT2D eigenvalue weighted by Gasteiger charge is 1.91. The molecule has 60 valence electrons. The smallest absolute Gasteiger partial charge is 0.247 e. The van der Waals surface area contributed by atoms with Gasteiger partial charge in [-0.15, -0.1) is 0 Å². The van der Waals surface area contributed by atoms with Crippen LogP contribution in [0.4, 0.5) is 0 Å². The summed E-state index contributed by atoms with van der Waals surface area (Å²) in [5.41, 5.74) is 0. The Labute approximate surface area is 69.1 Å². The summed E-state index contributed by atoms with van der Waals surface area (Å²) in [5, 5.41) is 0.992. The minimum atomic E-state index is -2.66. The standard InChI is InChI=1S/C6H8O3SSi/c7-10(8)9-11-6-4-2-1-3-5-6/h1-5,10H,11H2. The first-order valence-corrected chi connectivity index (χ1v) is 5.48. The normalized spacial score (nSPS) is 11.4. The monoisotopic (exact) mass is 188 g/mol. The fourth-order valence-electron chi connectivity index (χ4n) is 0.701. The van der Waals surface area contributed by atoms with Gasteiger partial charge in [0.25, 0.3) is 0 Å². The highest BCUT2D eigenvalue weighted by atomic mass is 32.2. The molecule has 0 aliphatic rings. The molecule has 0 aromatic heterocycles. The van der Waals surface area contributed by atoms with Gasteiger partial charge in [0, 0.05) is 0 Å². The van der Waals surface area contributed by atoms with Crippen LogP contribution in [0, 0.1) is 0 Å². The molecule has 0 fully saturated rings. The molecule has 11 heavy (non-hydrogen) atoms. The molecule has 5 heteroatoms. The summed E-state index contributed by atoms with van der Waals surface area (Å²) in [7, 11) is -3.72. The van der Waals surface area contributed by atoms with Crippen LogP contribution in [0.2, 0.25) is 0 Å². The van der Waals surface area contributed by atoms with Crippen molar-refractivity contribution in [2.75, 3.05) is 0 Å². The molecule has 0 saturated carbocycles. The van der Waals surface area contributed by atoms with E-state index in [1.165, 1.54) is 0 Å². The maximum atomic E-state index is 10.0. The van der Waals surface area contributed by atoms with Crippen molar-refractivity contribution in [1.29, 1.82) is 0 Å². The van der Waals surface area contributed by atoms with Crippen LogP contribution in [0.1, 0.15) is 0 Å². The Bertz CT molecular complexity index is 275. The molecule has 3 nitrogen and oxygen atoms in total. The van der Waals surface area contributed by atoms with E-state index in [4.69, 9.17) is 0 Å². The Hall–Kier alpha value is -0.653. The summed E-state index contributed by atoms with van der Waals surface area (Å²) >= 11 is 0. The van der Waals surface area contributed by atoms with Crippen LogP contribution >= 0.6 is 0 Å². The van der Waals surface area contributed by atoms with Crippen molar-refractivity contribution in [1.82, 2.24) is 0 Å². The molecule has 0 radical (unpaired) electrons. The van der Waals surface area contributed by atoms with Crippen LogP contribution < -0.4 is 5.19 Å². The molecule has 0 aliphatic carbocycles. The van der Waals surface area contributed by atoms with E-state index >= 15 is 0 Å². The van der Waals surface area contributed by atoms with Gasteiger partial charge in [0.05, 0.1) is 0 Å². The van der Waals surface area contributed by atoms with Gasteiger partial charge in [0.2, 0.25) is 20.7 Å². The van der Waals surface area contributed by atoms with E-state index in [2.05, 4.69) is 3.87 Å². The van der Waals surface area contributed by atoms with Crippen LogP contribution in [0.15, 0.2) is 30.3 Å². The minimum Gasteiger partial charge on any atom is -0.319 e. The molecule has 1 rings (SSSR count). The fourth-order valence-corrected chi connectivity index (χ4v) is 2.18. The summed E-state index contributed by atoms with van der Waals surface area (Å²) in [5.74, 6) is 0. The predicted octanol–water partition coefficient (Wildman–Crippen LogP) is -1.06. The summed E-state index contributed by atoms with van der Waals surface area (Å²) in [6, 6.07) is 9.35. The van der Waals surface area contributed by atoms with Crippen LogP contribution in [0.5, 0.6) is 0 Å². The third kappa shape index (κ3) is 3.31. The maximum absolute atomic E-state index is 10.0. The average Bonchev–Trinajstić information content (AvgIpc) is 2.03. The zero-order valence-corrected chi connectivity index (χ0v) is 8.07. The highest BCUT2D eigenvalue weighted by Crippen LogP contribution is 1.81. The largest absolute Gasteiger partial charge is 0.319 e. The Balaban J connectivity index is 2.52. The molecule has 0 N–H and O–H groups in total. The number of thiol groups is 1. The third-order valence-electron chi connectivity index (χ3n) is 1.18. The summed E-state index contributed by atoms with van der Waals surface area (Å²) in [6.45, 7) is 0. The molecule has 0 aliphatic heterocycles. The third-order valence-corrected chi connectivity index (χ3v) is 3.34. The van der Waals surface area contributed by atoms with Gasteiger partial charge >= 0.3 is 0 Å². The summed E-state index contributed by atoms with van der Waals surface area (Å²) < 4.78 is 24.6. The van der Waals surface area contributed by atoms with Crippen molar-refractivity contribution in [3.63, 3.8) is 0 Å². The van der Waals surface area contributed by atoms with Crippen molar-refractivity contribution >= 4 is 25.9 Å². The van der Waals surface area contributed by atoms with Crippen molar-refractivity contribution in [3.8, 4) is 0 Å². The molecule has 0 bridgehead atoms. The van der Waals surface area contributed by atoms with E-state index in [1.54, 1.807) is 0 Å². The van der Waals surface area contributed by atoms with Crippen molar-refractivity contribution in [2.45, 2.75) is 0 Å². The maximum Gasteiger partial charge on any atom is 0.247 e. The Kier molecular flexibility index (Phi) is 3.28. The van der Waals surface area contributed by atoms with Gasteiger partial charge in [-0.3, -0.25) is 0 Å². The van der Waals surface area contributed by atoms with Crippen LogP contribution in [0.3, 0.4) is 0 Å². The molecule has 0 saturated heterocycles. The van der Waals surface area contributed by atoms with Crippen LogP contribution in [-0.4, -0.2) is 18.2 Å². The molecule has 0 amide bonds. The van der Waals surface area contributed by atoms with E-state index in [1.807, 2.05) is 30.3 Å². The molecule has 0 unspecified atom stereocenters. The second kappa shape index (κ2) is 4.27. The van der Waals surface area contributed by atoms with Crippen molar-refractivity contribution in [2.24, 2.45) is 0 Å². The lowest BCUT2D eigenvalue weighted by molar-refractivity contribution is 0.529. The van der Waals surface area contributed by atoms with Gasteiger partial charge in [-0.25, -0.2) is 8.42 Å². The first-order chi connectivity index (χ1) is 5.29. The van der Waals surface area contributed by atoms with Crippen LogP contribution in [-0.2, 0) is 14.9 Å². The molecule has 1 aromatic carbocycles. The lowest BCUT2D eigenvalue weighted by Crippen LogP contribution is -2.15. The quantitative estimate of drug-likeness (QED) is 0.486. The first-order valence-electron chi connectivity index (χ1n) is 3.10. The van der Waals surface area contributed by atoms with Crippen molar-refractivity contribution in [3.05, 3.63) is 30.3 Å².